The van der Waals surface area contributed by atoms with Gasteiger partial charge in [0, 0.05) is 0 Å². The van der Waals surface area contributed by atoms with Crippen LogP contribution in [-0.4, -0.2) is 0 Å². The maximum Gasteiger partial charge on any atom is -0.0262 e. The van der Waals surface area contributed by atoms with Crippen molar-refractivity contribution in [2.45, 2.75) is 66.2 Å². The van der Waals surface area contributed by atoms with Gasteiger partial charge in [0.1, 0.15) is 0 Å². The highest BCUT2D eigenvalue weighted by molar-refractivity contribution is 4.87. The average molecular weight is 236 g/mol. The van der Waals surface area contributed by atoms with Crippen molar-refractivity contribution in [1.82, 2.24) is 0 Å². The second-order valence-corrected chi connectivity index (χ2v) is 6.14. The van der Waals surface area contributed by atoms with Crippen LogP contribution in [0.2, 0.25) is 0 Å². The van der Waals surface area contributed by atoms with Gasteiger partial charge in [-0.15, -0.1) is 13.2 Å². The molecule has 0 aromatic heterocycles. The van der Waals surface area contributed by atoms with E-state index in [2.05, 4.69) is 46.9 Å². The monoisotopic (exact) mass is 236 g/mol. The highest BCUT2D eigenvalue weighted by Crippen LogP contribution is 2.26. The lowest BCUT2D eigenvalue weighted by molar-refractivity contribution is 0.344. The maximum atomic E-state index is 3.99. The molecule has 100 valence electrons. The van der Waals surface area contributed by atoms with Gasteiger partial charge in [0.25, 0.3) is 0 Å². The van der Waals surface area contributed by atoms with Gasteiger partial charge < -0.3 is 0 Å². The van der Waals surface area contributed by atoms with Crippen molar-refractivity contribution in [2.75, 3.05) is 0 Å². The molecule has 0 heterocycles. The Kier molecular flexibility index (Phi) is 9.21. The minimum absolute atomic E-state index is 0.664. The van der Waals surface area contributed by atoms with Crippen LogP contribution in [0.15, 0.2) is 24.8 Å². The first-order valence-corrected chi connectivity index (χ1v) is 7.22. The Morgan fingerprint density at radius 1 is 1.12 bits per heavy atom. The minimum atomic E-state index is 0.664. The van der Waals surface area contributed by atoms with E-state index in [-0.39, 0.29) is 0 Å². The largest absolute Gasteiger partial charge is 0.103 e. The van der Waals surface area contributed by atoms with Gasteiger partial charge in [-0.25, -0.2) is 0 Å². The van der Waals surface area contributed by atoms with Crippen LogP contribution in [0, 0.1) is 17.8 Å². The molecule has 0 spiro atoms. The van der Waals surface area contributed by atoms with Crippen LogP contribution in [0.3, 0.4) is 0 Å². The van der Waals surface area contributed by atoms with E-state index in [1.165, 1.54) is 44.1 Å². The van der Waals surface area contributed by atoms with Crippen LogP contribution < -0.4 is 0 Å². The summed E-state index contributed by atoms with van der Waals surface area (Å²) >= 11 is 0. The molecule has 0 N–H and O–H groups in total. The molecule has 17 heavy (non-hydrogen) atoms. The van der Waals surface area contributed by atoms with Gasteiger partial charge in [-0.3, -0.25) is 0 Å². The molecule has 0 saturated heterocycles. The SMILES string of the molecule is C=CC(C)CC(CCCC(=C)C)CCC(C)C. The van der Waals surface area contributed by atoms with Crippen LogP contribution in [0.1, 0.15) is 66.2 Å². The Bertz CT molecular complexity index is 212. The van der Waals surface area contributed by atoms with Crippen LogP contribution in [-0.2, 0) is 0 Å². The molecule has 0 heteroatoms. The zero-order valence-corrected chi connectivity index (χ0v) is 12.5. The van der Waals surface area contributed by atoms with Crippen molar-refractivity contribution in [3.8, 4) is 0 Å². The molecular formula is C17H32. The molecule has 0 aromatic rings. The van der Waals surface area contributed by atoms with Gasteiger partial charge in [-0.1, -0.05) is 51.7 Å². The summed E-state index contributed by atoms with van der Waals surface area (Å²) in [7, 11) is 0. The fourth-order valence-corrected chi connectivity index (χ4v) is 2.26. The Hall–Kier alpha value is -0.520. The first-order chi connectivity index (χ1) is 7.95. The average Bonchev–Trinajstić information content (AvgIpc) is 2.24. The summed E-state index contributed by atoms with van der Waals surface area (Å²) < 4.78 is 0. The van der Waals surface area contributed by atoms with Crippen molar-refractivity contribution < 1.29 is 0 Å². The molecule has 0 aliphatic rings. The van der Waals surface area contributed by atoms with E-state index in [1.54, 1.807) is 0 Å². The molecular weight excluding hydrogens is 204 g/mol. The zero-order chi connectivity index (χ0) is 13.3. The van der Waals surface area contributed by atoms with Crippen LogP contribution in [0.5, 0.6) is 0 Å². The van der Waals surface area contributed by atoms with Crippen LogP contribution in [0.25, 0.3) is 0 Å². The molecule has 0 aromatic carbocycles. The van der Waals surface area contributed by atoms with E-state index in [4.69, 9.17) is 0 Å². The second-order valence-electron chi connectivity index (χ2n) is 6.14. The summed E-state index contributed by atoms with van der Waals surface area (Å²) in [5, 5.41) is 0. The molecule has 0 radical (unpaired) electrons. The Morgan fingerprint density at radius 2 is 1.76 bits per heavy atom. The Balaban J connectivity index is 4.00. The fraction of sp³-hybridized carbons (Fsp3) is 0.765. The van der Waals surface area contributed by atoms with E-state index >= 15 is 0 Å². The number of allylic oxidation sites excluding steroid dienone is 2. The normalized spacial score (nSPS) is 14.6. The van der Waals surface area contributed by atoms with Crippen molar-refractivity contribution in [3.05, 3.63) is 24.8 Å². The van der Waals surface area contributed by atoms with Crippen LogP contribution >= 0.6 is 0 Å². The van der Waals surface area contributed by atoms with Crippen molar-refractivity contribution in [1.29, 1.82) is 0 Å². The van der Waals surface area contributed by atoms with E-state index in [0.29, 0.717) is 5.92 Å². The Labute approximate surface area is 109 Å². The standard InChI is InChI=1S/C17H32/c1-7-16(6)13-17(12-11-15(4)5)10-8-9-14(2)3/h7,15-17H,1-2,8-13H2,3-6H3. The topological polar surface area (TPSA) is 0 Å². The van der Waals surface area contributed by atoms with Gasteiger partial charge in [0.2, 0.25) is 0 Å². The summed E-state index contributed by atoms with van der Waals surface area (Å²) in [6.45, 7) is 17.0. The lowest BCUT2D eigenvalue weighted by Crippen LogP contribution is -2.07. The van der Waals surface area contributed by atoms with Crippen molar-refractivity contribution >= 4 is 0 Å². The summed E-state index contributed by atoms with van der Waals surface area (Å²) in [5.41, 5.74) is 1.32. The molecule has 0 amide bonds. The molecule has 0 rings (SSSR count). The first-order valence-electron chi connectivity index (χ1n) is 7.22. The van der Waals surface area contributed by atoms with E-state index in [0.717, 1.165) is 11.8 Å². The van der Waals surface area contributed by atoms with Gasteiger partial charge in [-0.2, -0.15) is 0 Å². The third kappa shape index (κ3) is 10.4. The lowest BCUT2D eigenvalue weighted by atomic mass is 9.86. The van der Waals surface area contributed by atoms with E-state index in [1.807, 2.05) is 0 Å². The molecule has 0 fully saturated rings. The van der Waals surface area contributed by atoms with Gasteiger partial charge in [0.05, 0.1) is 0 Å². The van der Waals surface area contributed by atoms with E-state index in [9.17, 15) is 0 Å². The molecule has 0 bridgehead atoms. The van der Waals surface area contributed by atoms with Gasteiger partial charge in [-0.05, 0) is 43.9 Å². The van der Waals surface area contributed by atoms with Crippen molar-refractivity contribution in [2.24, 2.45) is 17.8 Å². The number of rotatable bonds is 10. The quantitative estimate of drug-likeness (QED) is 0.408. The molecule has 0 aliphatic heterocycles. The molecule has 2 unspecified atom stereocenters. The van der Waals surface area contributed by atoms with Crippen molar-refractivity contribution in [3.63, 3.8) is 0 Å². The zero-order valence-electron chi connectivity index (χ0n) is 12.5. The molecule has 0 nitrogen and oxygen atoms in total. The molecule has 0 aliphatic carbocycles. The van der Waals surface area contributed by atoms with E-state index < -0.39 is 0 Å². The second kappa shape index (κ2) is 9.50. The number of hydrogen-bond acceptors (Lipinski definition) is 0. The minimum Gasteiger partial charge on any atom is -0.103 e. The molecule has 2 atom stereocenters. The highest BCUT2D eigenvalue weighted by atomic mass is 14.2. The predicted octanol–water partition coefficient (Wildman–Crippen LogP) is 6.00. The summed E-state index contributed by atoms with van der Waals surface area (Å²) in [6, 6.07) is 0. The third-order valence-electron chi connectivity index (χ3n) is 3.48. The van der Waals surface area contributed by atoms with Gasteiger partial charge >= 0.3 is 0 Å². The smallest absolute Gasteiger partial charge is 0.0262 e. The third-order valence-corrected chi connectivity index (χ3v) is 3.48. The highest BCUT2D eigenvalue weighted by Gasteiger charge is 2.12. The summed E-state index contributed by atoms with van der Waals surface area (Å²) in [4.78, 5) is 0. The maximum absolute atomic E-state index is 3.99. The van der Waals surface area contributed by atoms with Crippen LogP contribution in [0.4, 0.5) is 0 Å². The summed E-state index contributed by atoms with van der Waals surface area (Å²) in [5.74, 6) is 2.37. The summed E-state index contributed by atoms with van der Waals surface area (Å²) in [6.07, 6.45) is 10.0. The predicted molar refractivity (Wildman–Crippen MR) is 80.2 cm³/mol. The fourth-order valence-electron chi connectivity index (χ4n) is 2.26. The first kappa shape index (κ1) is 16.5. The van der Waals surface area contributed by atoms with Gasteiger partial charge in [0.15, 0.2) is 0 Å². The number of hydrogen-bond donors (Lipinski definition) is 0. The molecule has 0 saturated carbocycles. The lowest BCUT2D eigenvalue weighted by Gasteiger charge is -2.20. The Morgan fingerprint density at radius 3 is 2.24 bits per heavy atom.